The molecule has 0 spiro atoms. The zero-order chi connectivity index (χ0) is 24.1. The first-order chi connectivity index (χ1) is 16.4. The minimum atomic E-state index is -0.938. The van der Waals surface area contributed by atoms with Gasteiger partial charge in [-0.2, -0.15) is 0 Å². The largest absolute Gasteiger partial charge is 0.469 e. The molecule has 1 aromatic carbocycles. The fraction of sp³-hybridized carbons (Fsp3) is 0.500. The van der Waals surface area contributed by atoms with E-state index in [0.717, 1.165) is 62.1 Å². The van der Waals surface area contributed by atoms with Gasteiger partial charge in [0.2, 0.25) is 0 Å². The maximum atomic E-state index is 12.0. The van der Waals surface area contributed by atoms with E-state index in [1.165, 1.54) is 12.0 Å². The van der Waals surface area contributed by atoms with Crippen LogP contribution >= 0.6 is 0 Å². The molecule has 2 aliphatic heterocycles. The summed E-state index contributed by atoms with van der Waals surface area (Å²) in [7, 11) is 1.42. The number of hydrogen-bond acceptors (Lipinski definition) is 6. The second-order valence-corrected chi connectivity index (χ2v) is 9.55. The summed E-state index contributed by atoms with van der Waals surface area (Å²) >= 11 is 0. The third-order valence-electron chi connectivity index (χ3n) is 6.89. The Kier molecular flexibility index (Phi) is 7.48. The first-order valence-electron chi connectivity index (χ1n) is 12.0. The first kappa shape index (κ1) is 24.2. The fourth-order valence-corrected chi connectivity index (χ4v) is 5.05. The van der Waals surface area contributed by atoms with Crippen LogP contribution in [0, 0.1) is 0 Å². The number of esters is 1. The van der Waals surface area contributed by atoms with E-state index in [4.69, 9.17) is 9.72 Å². The van der Waals surface area contributed by atoms with Gasteiger partial charge in [0, 0.05) is 49.9 Å². The van der Waals surface area contributed by atoms with Gasteiger partial charge < -0.3 is 20.1 Å². The number of likely N-dealkylation sites (tertiary alicyclic amines) is 1. The van der Waals surface area contributed by atoms with E-state index in [0.29, 0.717) is 12.4 Å². The number of rotatable bonds is 8. The smallest absolute Gasteiger partial charge is 0.413 e. The number of carboxylic acid groups (broad SMARTS) is 1. The molecule has 3 heterocycles. The van der Waals surface area contributed by atoms with Crippen molar-refractivity contribution in [3.8, 4) is 0 Å². The molecule has 1 aromatic heterocycles. The summed E-state index contributed by atoms with van der Waals surface area (Å²) in [6.07, 6.45) is 2.79. The molecule has 4 rings (SSSR count). The van der Waals surface area contributed by atoms with Gasteiger partial charge in [-0.15, -0.1) is 0 Å². The van der Waals surface area contributed by atoms with Crippen LogP contribution in [0.25, 0.3) is 0 Å². The van der Waals surface area contributed by atoms with E-state index in [9.17, 15) is 14.7 Å². The van der Waals surface area contributed by atoms with E-state index in [1.54, 1.807) is 0 Å². The molecule has 0 saturated carbocycles. The first-order valence-corrected chi connectivity index (χ1v) is 12.0. The lowest BCUT2D eigenvalue weighted by Gasteiger charge is -2.32. The van der Waals surface area contributed by atoms with Crippen molar-refractivity contribution in [2.75, 3.05) is 38.2 Å². The molecule has 0 bridgehead atoms. The number of carbonyl (C=O) groups excluding carboxylic acids is 1. The van der Waals surface area contributed by atoms with Crippen molar-refractivity contribution in [1.82, 2.24) is 15.2 Å². The Labute approximate surface area is 200 Å². The monoisotopic (exact) mass is 466 g/mol. The van der Waals surface area contributed by atoms with E-state index < -0.39 is 6.09 Å². The molecular formula is C26H34N4O4. The van der Waals surface area contributed by atoms with Crippen LogP contribution < -0.4 is 10.2 Å². The van der Waals surface area contributed by atoms with Gasteiger partial charge in [0.1, 0.15) is 5.82 Å². The SMILES string of the molecule is COC(=O)CC(NC1(C)CCN(CCc2ccc3c(n2)N(C(=O)O)CCC3)C1)c1ccccc1. The van der Waals surface area contributed by atoms with Crippen LogP contribution in [-0.4, -0.2) is 65.9 Å². The highest BCUT2D eigenvalue weighted by Gasteiger charge is 2.36. The van der Waals surface area contributed by atoms with Crippen molar-refractivity contribution in [2.24, 2.45) is 0 Å². The molecule has 2 N–H and O–H groups in total. The predicted molar refractivity (Wildman–Crippen MR) is 130 cm³/mol. The van der Waals surface area contributed by atoms with Crippen molar-refractivity contribution in [3.63, 3.8) is 0 Å². The summed E-state index contributed by atoms with van der Waals surface area (Å²) in [6, 6.07) is 14.0. The molecule has 0 aliphatic carbocycles. The number of benzene rings is 1. The van der Waals surface area contributed by atoms with Crippen LogP contribution in [0.3, 0.4) is 0 Å². The molecule has 1 fully saturated rings. The molecule has 182 valence electrons. The van der Waals surface area contributed by atoms with Gasteiger partial charge in [0.15, 0.2) is 0 Å². The highest BCUT2D eigenvalue weighted by molar-refractivity contribution is 5.86. The van der Waals surface area contributed by atoms with Crippen LogP contribution in [0.5, 0.6) is 0 Å². The number of nitrogens with one attached hydrogen (secondary N) is 1. The number of hydrogen-bond donors (Lipinski definition) is 2. The van der Waals surface area contributed by atoms with Crippen molar-refractivity contribution in [1.29, 1.82) is 0 Å². The third kappa shape index (κ3) is 5.74. The van der Waals surface area contributed by atoms with Crippen molar-refractivity contribution >= 4 is 17.9 Å². The number of fused-ring (bicyclic) bond motifs is 1. The van der Waals surface area contributed by atoms with Crippen molar-refractivity contribution in [2.45, 2.75) is 50.6 Å². The van der Waals surface area contributed by atoms with Gasteiger partial charge in [-0.25, -0.2) is 9.78 Å². The number of ether oxygens (including phenoxy) is 1. The van der Waals surface area contributed by atoms with Crippen molar-refractivity contribution < 1.29 is 19.4 Å². The molecule has 8 heteroatoms. The Morgan fingerprint density at radius 2 is 2.00 bits per heavy atom. The lowest BCUT2D eigenvalue weighted by atomic mass is 9.95. The topological polar surface area (TPSA) is 95.0 Å². The van der Waals surface area contributed by atoms with Crippen LogP contribution in [0.1, 0.15) is 49.0 Å². The number of pyridine rings is 1. The number of carbonyl (C=O) groups is 2. The van der Waals surface area contributed by atoms with E-state index in [2.05, 4.69) is 17.1 Å². The number of amides is 1. The molecule has 2 atom stereocenters. The lowest BCUT2D eigenvalue weighted by molar-refractivity contribution is -0.141. The quantitative estimate of drug-likeness (QED) is 0.576. The average Bonchev–Trinajstić information content (AvgIpc) is 3.22. The molecule has 2 aromatic rings. The van der Waals surface area contributed by atoms with E-state index in [1.807, 2.05) is 42.5 Å². The van der Waals surface area contributed by atoms with Crippen LogP contribution in [0.15, 0.2) is 42.5 Å². The van der Waals surface area contributed by atoms with Crippen LogP contribution in [0.2, 0.25) is 0 Å². The normalized spacial score (nSPS) is 21.2. The summed E-state index contributed by atoms with van der Waals surface area (Å²) in [5.74, 6) is 0.367. The Balaban J connectivity index is 1.38. The molecule has 2 aliphatic rings. The highest BCUT2D eigenvalue weighted by Crippen LogP contribution is 2.28. The predicted octanol–water partition coefficient (Wildman–Crippen LogP) is 3.41. The van der Waals surface area contributed by atoms with Gasteiger partial charge in [-0.3, -0.25) is 9.69 Å². The molecule has 2 unspecified atom stereocenters. The average molecular weight is 467 g/mol. The number of nitrogens with zero attached hydrogens (tertiary/aromatic N) is 3. The number of aryl methyl sites for hydroxylation is 1. The highest BCUT2D eigenvalue weighted by atomic mass is 16.5. The minimum absolute atomic E-state index is 0.108. The molecule has 1 amide bonds. The third-order valence-corrected chi connectivity index (χ3v) is 6.89. The van der Waals surface area contributed by atoms with Gasteiger partial charge in [-0.05, 0) is 43.4 Å². The zero-order valence-corrected chi connectivity index (χ0v) is 20.0. The lowest BCUT2D eigenvalue weighted by Crippen LogP contribution is -2.47. The van der Waals surface area contributed by atoms with E-state index in [-0.39, 0.29) is 24.0 Å². The van der Waals surface area contributed by atoms with Gasteiger partial charge in [-0.1, -0.05) is 36.4 Å². The summed E-state index contributed by atoms with van der Waals surface area (Å²) in [5, 5.41) is 13.2. The Morgan fingerprint density at radius 1 is 1.21 bits per heavy atom. The number of aromatic nitrogens is 1. The second kappa shape index (κ2) is 10.5. The maximum Gasteiger partial charge on any atom is 0.413 e. The second-order valence-electron chi connectivity index (χ2n) is 9.55. The standard InChI is InChI=1S/C26H34N4O4/c1-26(28-22(17-23(31)34-2)19-7-4-3-5-8-19)13-16-29(18-26)15-12-21-11-10-20-9-6-14-30(25(32)33)24(20)27-21/h3-5,7-8,10-11,22,28H,6,9,12-18H2,1-2H3,(H,32,33). The summed E-state index contributed by atoms with van der Waals surface area (Å²) in [6.45, 7) is 5.38. The van der Waals surface area contributed by atoms with Gasteiger partial charge in [0.05, 0.1) is 13.5 Å². The minimum Gasteiger partial charge on any atom is -0.469 e. The molecular weight excluding hydrogens is 432 g/mol. The maximum absolute atomic E-state index is 12.0. The summed E-state index contributed by atoms with van der Waals surface area (Å²) in [5.41, 5.74) is 2.88. The van der Waals surface area contributed by atoms with Gasteiger partial charge >= 0.3 is 12.1 Å². The Hall–Kier alpha value is -2.97. The van der Waals surface area contributed by atoms with Gasteiger partial charge in [0.25, 0.3) is 0 Å². The molecule has 8 nitrogen and oxygen atoms in total. The molecule has 34 heavy (non-hydrogen) atoms. The Bertz CT molecular complexity index is 1020. The molecule has 1 saturated heterocycles. The van der Waals surface area contributed by atoms with Crippen LogP contribution in [0.4, 0.5) is 10.6 Å². The van der Waals surface area contributed by atoms with Crippen LogP contribution in [-0.2, 0) is 22.4 Å². The zero-order valence-electron chi connectivity index (χ0n) is 20.0. The summed E-state index contributed by atoms with van der Waals surface area (Å²) < 4.78 is 4.93. The number of anilines is 1. The summed E-state index contributed by atoms with van der Waals surface area (Å²) in [4.78, 5) is 32.1. The molecule has 0 radical (unpaired) electrons. The van der Waals surface area contributed by atoms with E-state index >= 15 is 0 Å². The fourth-order valence-electron chi connectivity index (χ4n) is 5.05. The van der Waals surface area contributed by atoms with Crippen molar-refractivity contribution in [3.05, 3.63) is 59.3 Å². The number of methoxy groups -OCH3 is 1. The Morgan fingerprint density at radius 3 is 2.74 bits per heavy atom.